The van der Waals surface area contributed by atoms with Gasteiger partial charge in [-0.2, -0.15) is 0 Å². The zero-order valence-electron chi connectivity index (χ0n) is 9.66. The Morgan fingerprint density at radius 3 is 2.88 bits per heavy atom. The summed E-state index contributed by atoms with van der Waals surface area (Å²) in [6, 6.07) is 3.81. The Morgan fingerprint density at radius 1 is 1.50 bits per heavy atom. The fraction of sp³-hybridized carbons (Fsp3) is 0.538. The van der Waals surface area contributed by atoms with Crippen molar-refractivity contribution in [3.8, 4) is 0 Å². The minimum absolute atomic E-state index is 0.401. The van der Waals surface area contributed by atoms with Gasteiger partial charge in [-0.15, -0.1) is 0 Å². The van der Waals surface area contributed by atoms with E-state index in [-0.39, 0.29) is 0 Å². The Bertz CT molecular complexity index is 479. The van der Waals surface area contributed by atoms with Crippen molar-refractivity contribution in [1.29, 1.82) is 0 Å². The molecule has 2 N–H and O–H groups in total. The van der Waals surface area contributed by atoms with Gasteiger partial charge in [0, 0.05) is 5.69 Å². The van der Waals surface area contributed by atoms with Crippen LogP contribution in [0.25, 0.3) is 0 Å². The average Bonchev–Trinajstić information content (AvgIpc) is 2.27. The van der Waals surface area contributed by atoms with Crippen LogP contribution in [0.3, 0.4) is 0 Å². The molecule has 1 aromatic rings. The minimum Gasteiger partial charge on any atom is -0.364 e. The predicted molar refractivity (Wildman–Crippen MR) is 61.1 cm³/mol. The molecule has 3 nitrogen and oxygen atoms in total. The normalized spacial score (nSPS) is 29.1. The SMILES string of the molecule is CC1(C)C2Cc3nc(C(N)=O)ccc3C1C2. The lowest BCUT2D eigenvalue weighted by atomic mass is 9.48. The maximum absolute atomic E-state index is 11.1. The molecule has 84 valence electrons. The second-order valence-corrected chi connectivity index (χ2v) is 5.61. The largest absolute Gasteiger partial charge is 0.364 e. The number of amides is 1. The number of nitrogens with zero attached hydrogens (tertiary/aromatic N) is 1. The molecule has 0 aromatic carbocycles. The maximum atomic E-state index is 11.1. The van der Waals surface area contributed by atoms with Crippen molar-refractivity contribution in [2.24, 2.45) is 17.1 Å². The van der Waals surface area contributed by atoms with Crippen LogP contribution in [0.4, 0.5) is 0 Å². The number of hydrogen-bond donors (Lipinski definition) is 1. The van der Waals surface area contributed by atoms with Crippen LogP contribution < -0.4 is 5.73 Å². The number of pyridine rings is 1. The lowest BCUT2D eigenvalue weighted by Crippen LogP contribution is -2.48. The molecule has 2 atom stereocenters. The highest BCUT2D eigenvalue weighted by Gasteiger charge is 2.52. The molecule has 3 aliphatic rings. The van der Waals surface area contributed by atoms with Gasteiger partial charge in [-0.05, 0) is 41.7 Å². The van der Waals surface area contributed by atoms with Crippen molar-refractivity contribution >= 4 is 5.91 Å². The standard InChI is InChI=1S/C13H16N2O/c1-13(2)7-5-9(13)8-3-4-10(12(14)16)15-11(8)6-7/h3-4,7,9H,5-6H2,1-2H3,(H2,14,16). The van der Waals surface area contributed by atoms with E-state index in [2.05, 4.69) is 18.8 Å². The van der Waals surface area contributed by atoms with Crippen molar-refractivity contribution in [3.63, 3.8) is 0 Å². The van der Waals surface area contributed by atoms with Gasteiger partial charge in [0.1, 0.15) is 5.69 Å². The predicted octanol–water partition coefficient (Wildman–Crippen LogP) is 1.87. The molecule has 0 aliphatic heterocycles. The molecule has 1 fully saturated rings. The van der Waals surface area contributed by atoms with Gasteiger partial charge < -0.3 is 5.73 Å². The molecule has 1 amide bonds. The number of rotatable bonds is 1. The molecule has 0 radical (unpaired) electrons. The first-order valence-electron chi connectivity index (χ1n) is 5.80. The Labute approximate surface area is 95.1 Å². The second kappa shape index (κ2) is 2.84. The third-order valence-electron chi connectivity index (χ3n) is 4.55. The van der Waals surface area contributed by atoms with Crippen LogP contribution in [0.2, 0.25) is 0 Å². The fourth-order valence-electron chi connectivity index (χ4n) is 3.25. The molecule has 2 bridgehead atoms. The van der Waals surface area contributed by atoms with E-state index in [1.807, 2.05) is 6.07 Å². The molecule has 1 heterocycles. The van der Waals surface area contributed by atoms with Gasteiger partial charge in [-0.1, -0.05) is 19.9 Å². The summed E-state index contributed by atoms with van der Waals surface area (Å²) in [7, 11) is 0. The summed E-state index contributed by atoms with van der Waals surface area (Å²) in [6.07, 6.45) is 2.28. The second-order valence-electron chi connectivity index (χ2n) is 5.61. The molecule has 1 saturated carbocycles. The number of hydrogen-bond acceptors (Lipinski definition) is 2. The van der Waals surface area contributed by atoms with E-state index in [0.29, 0.717) is 17.0 Å². The molecule has 1 aromatic heterocycles. The van der Waals surface area contributed by atoms with Crippen molar-refractivity contribution < 1.29 is 4.79 Å². The van der Waals surface area contributed by atoms with E-state index in [0.717, 1.165) is 18.0 Å². The monoisotopic (exact) mass is 216 g/mol. The van der Waals surface area contributed by atoms with Gasteiger partial charge in [0.05, 0.1) is 0 Å². The van der Waals surface area contributed by atoms with Gasteiger partial charge >= 0.3 is 0 Å². The number of carbonyl (C=O) groups is 1. The third kappa shape index (κ3) is 1.09. The summed E-state index contributed by atoms with van der Waals surface area (Å²) in [6.45, 7) is 4.66. The molecule has 3 aliphatic carbocycles. The quantitative estimate of drug-likeness (QED) is 0.779. The highest BCUT2D eigenvalue weighted by molar-refractivity contribution is 5.90. The Morgan fingerprint density at radius 2 is 2.25 bits per heavy atom. The minimum atomic E-state index is -0.429. The van der Waals surface area contributed by atoms with Crippen LogP contribution in [0.1, 0.15) is 47.9 Å². The summed E-state index contributed by atoms with van der Waals surface area (Å²) in [5, 5.41) is 0. The number of aromatic nitrogens is 1. The van der Waals surface area contributed by atoms with Gasteiger partial charge in [0.2, 0.25) is 0 Å². The summed E-state index contributed by atoms with van der Waals surface area (Å²) in [5.41, 5.74) is 8.48. The van der Waals surface area contributed by atoms with E-state index in [1.54, 1.807) is 6.07 Å². The Hall–Kier alpha value is -1.38. The maximum Gasteiger partial charge on any atom is 0.267 e. The molecule has 0 saturated heterocycles. The first kappa shape index (κ1) is 9.82. The molecule has 2 unspecified atom stereocenters. The highest BCUT2D eigenvalue weighted by atomic mass is 16.1. The summed E-state index contributed by atoms with van der Waals surface area (Å²) >= 11 is 0. The zero-order chi connectivity index (χ0) is 11.5. The molecule has 4 rings (SSSR count). The number of nitrogens with two attached hydrogens (primary N) is 1. The highest BCUT2D eigenvalue weighted by Crippen LogP contribution is 2.61. The van der Waals surface area contributed by atoms with Gasteiger partial charge in [0.15, 0.2) is 0 Å². The van der Waals surface area contributed by atoms with Crippen LogP contribution in [0.5, 0.6) is 0 Å². The van der Waals surface area contributed by atoms with Crippen molar-refractivity contribution in [3.05, 3.63) is 29.1 Å². The summed E-state index contributed by atoms with van der Waals surface area (Å²) in [5.74, 6) is 0.914. The van der Waals surface area contributed by atoms with Crippen molar-refractivity contribution in [2.75, 3.05) is 0 Å². The number of primary amides is 1. The van der Waals surface area contributed by atoms with E-state index >= 15 is 0 Å². The Kier molecular flexibility index (Phi) is 1.74. The first-order valence-corrected chi connectivity index (χ1v) is 5.80. The lowest BCUT2D eigenvalue weighted by Gasteiger charge is -2.56. The first-order chi connectivity index (χ1) is 7.50. The Balaban J connectivity index is 2.06. The summed E-state index contributed by atoms with van der Waals surface area (Å²) < 4.78 is 0. The molecule has 3 heteroatoms. The zero-order valence-corrected chi connectivity index (χ0v) is 9.66. The van der Waals surface area contributed by atoms with Crippen LogP contribution in [-0.4, -0.2) is 10.9 Å². The van der Waals surface area contributed by atoms with Gasteiger partial charge in [-0.25, -0.2) is 4.98 Å². The lowest BCUT2D eigenvalue weighted by molar-refractivity contribution is 0.0168. The van der Waals surface area contributed by atoms with E-state index in [9.17, 15) is 4.79 Å². The molecular formula is C13H16N2O. The van der Waals surface area contributed by atoms with Gasteiger partial charge in [-0.3, -0.25) is 4.79 Å². The van der Waals surface area contributed by atoms with E-state index < -0.39 is 5.91 Å². The smallest absolute Gasteiger partial charge is 0.267 e. The topological polar surface area (TPSA) is 56.0 Å². The van der Waals surface area contributed by atoms with Crippen LogP contribution in [-0.2, 0) is 6.42 Å². The van der Waals surface area contributed by atoms with Crippen LogP contribution >= 0.6 is 0 Å². The molecule has 0 spiro atoms. The van der Waals surface area contributed by atoms with Gasteiger partial charge in [0.25, 0.3) is 5.91 Å². The molecular weight excluding hydrogens is 200 g/mol. The third-order valence-corrected chi connectivity index (χ3v) is 4.55. The van der Waals surface area contributed by atoms with Crippen molar-refractivity contribution in [2.45, 2.75) is 32.6 Å². The fourth-order valence-corrected chi connectivity index (χ4v) is 3.25. The average molecular weight is 216 g/mol. The van der Waals surface area contributed by atoms with E-state index in [1.165, 1.54) is 12.0 Å². The van der Waals surface area contributed by atoms with Crippen LogP contribution in [0.15, 0.2) is 12.1 Å². The number of carbonyl (C=O) groups excluding carboxylic acids is 1. The molecule has 16 heavy (non-hydrogen) atoms. The van der Waals surface area contributed by atoms with E-state index in [4.69, 9.17) is 5.73 Å². The van der Waals surface area contributed by atoms with Crippen LogP contribution in [0, 0.1) is 11.3 Å². The van der Waals surface area contributed by atoms with Crippen molar-refractivity contribution in [1.82, 2.24) is 4.98 Å². The summed E-state index contributed by atoms with van der Waals surface area (Å²) in [4.78, 5) is 15.5.